The van der Waals surface area contributed by atoms with Gasteiger partial charge in [0.2, 0.25) is 0 Å². The molecular formula is C23H37O3-. The molecule has 1 unspecified atom stereocenters. The number of carbonyl (C=O) groups is 1. The quantitative estimate of drug-likeness (QED) is 0.356. The molecule has 1 aromatic rings. The first kappa shape index (κ1) is 22.5. The Balaban J connectivity index is 2.66. The molecule has 0 saturated carbocycles. The van der Waals surface area contributed by atoms with E-state index < -0.39 is 5.97 Å². The van der Waals surface area contributed by atoms with Crippen LogP contribution in [0.3, 0.4) is 0 Å². The second-order valence-corrected chi connectivity index (χ2v) is 7.51. The molecule has 0 amide bonds. The first-order valence-electron chi connectivity index (χ1n) is 10.6. The molecule has 0 aliphatic heterocycles. The summed E-state index contributed by atoms with van der Waals surface area (Å²) in [6, 6.07) is 4.42. The Morgan fingerprint density at radius 1 is 0.885 bits per heavy atom. The van der Waals surface area contributed by atoms with Crippen molar-refractivity contribution < 1.29 is 15.0 Å². The normalized spacial score (nSPS) is 12.2. The lowest BCUT2D eigenvalue weighted by atomic mass is 9.85. The van der Waals surface area contributed by atoms with Crippen LogP contribution in [-0.4, -0.2) is 11.1 Å². The highest BCUT2D eigenvalue weighted by molar-refractivity contribution is 5.89. The van der Waals surface area contributed by atoms with Gasteiger partial charge in [0.15, 0.2) is 0 Å². The van der Waals surface area contributed by atoms with Gasteiger partial charge in [-0.2, -0.15) is 0 Å². The van der Waals surface area contributed by atoms with Crippen LogP contribution in [0, 0.1) is 0 Å². The molecule has 0 bridgehead atoms. The maximum atomic E-state index is 11.8. The van der Waals surface area contributed by atoms with Gasteiger partial charge < -0.3 is 10.2 Å². The van der Waals surface area contributed by atoms with Crippen LogP contribution in [0.4, 0.5) is 0 Å². The van der Waals surface area contributed by atoms with Crippen LogP contribution >= 0.6 is 0 Å². The first-order chi connectivity index (χ1) is 12.6. The lowest BCUT2D eigenvalue weighted by Gasteiger charge is -2.21. The molecular weight excluding hydrogens is 324 g/mol. The van der Waals surface area contributed by atoms with Gasteiger partial charge in [-0.05, 0) is 30.4 Å². The Labute approximate surface area is 159 Å². The van der Waals surface area contributed by atoms with Crippen LogP contribution in [0.5, 0.6) is 5.75 Å². The predicted molar refractivity (Wildman–Crippen MR) is 107 cm³/mol. The number of benzene rings is 1. The van der Waals surface area contributed by atoms with E-state index in [4.69, 9.17) is 0 Å². The van der Waals surface area contributed by atoms with E-state index in [1.807, 2.05) is 0 Å². The molecule has 0 aliphatic rings. The van der Waals surface area contributed by atoms with E-state index in [2.05, 4.69) is 13.8 Å². The van der Waals surface area contributed by atoms with E-state index in [0.29, 0.717) is 5.56 Å². The molecule has 1 atom stereocenters. The third-order valence-electron chi connectivity index (χ3n) is 5.26. The maximum Gasteiger partial charge on any atom is 0.335 e. The molecule has 0 aromatic heterocycles. The van der Waals surface area contributed by atoms with Gasteiger partial charge in [-0.3, -0.25) is 0 Å². The molecule has 3 heteroatoms. The largest absolute Gasteiger partial charge is 0.872 e. The predicted octanol–water partition coefficient (Wildman–Crippen LogP) is 6.65. The minimum Gasteiger partial charge on any atom is -0.872 e. The standard InChI is InChI=1S/C23H38O3/c1-3-5-7-9-10-11-13-15-19(14-12-8-6-4-2)22-18-20(24)16-17-21(22)23(25)26/h16-19,24H,3-15H2,1-2H3,(H,25,26)/p-1. The second kappa shape index (κ2) is 13.7. The van der Waals surface area contributed by atoms with Crippen molar-refractivity contribution in [3.63, 3.8) is 0 Å². The third kappa shape index (κ3) is 8.73. The Morgan fingerprint density at radius 2 is 1.38 bits per heavy atom. The van der Waals surface area contributed by atoms with Crippen molar-refractivity contribution in [2.75, 3.05) is 0 Å². The molecule has 0 fully saturated rings. The Hall–Kier alpha value is -1.51. The van der Waals surface area contributed by atoms with Crippen molar-refractivity contribution in [3.05, 3.63) is 29.3 Å². The van der Waals surface area contributed by atoms with Gasteiger partial charge in [0.1, 0.15) is 0 Å². The van der Waals surface area contributed by atoms with Crippen LogP contribution < -0.4 is 5.11 Å². The molecule has 148 valence electrons. The number of carboxylic acids is 1. The van der Waals surface area contributed by atoms with Gasteiger partial charge in [0.05, 0.1) is 5.56 Å². The fourth-order valence-electron chi connectivity index (χ4n) is 3.69. The van der Waals surface area contributed by atoms with Crippen molar-refractivity contribution in [1.29, 1.82) is 0 Å². The van der Waals surface area contributed by atoms with E-state index in [9.17, 15) is 15.0 Å². The molecule has 0 radical (unpaired) electrons. The number of rotatable bonds is 15. The lowest BCUT2D eigenvalue weighted by Crippen LogP contribution is -2.09. The highest BCUT2D eigenvalue weighted by atomic mass is 16.4. The van der Waals surface area contributed by atoms with Crippen molar-refractivity contribution in [2.45, 2.75) is 103 Å². The highest BCUT2D eigenvalue weighted by Crippen LogP contribution is 2.32. The zero-order valence-corrected chi connectivity index (χ0v) is 16.8. The minimum absolute atomic E-state index is 0.0804. The molecule has 0 heterocycles. The number of hydrogen-bond acceptors (Lipinski definition) is 2. The molecule has 1 rings (SSSR count). The fraction of sp³-hybridized carbons (Fsp3) is 0.696. The molecule has 0 saturated heterocycles. The average Bonchev–Trinajstić information content (AvgIpc) is 2.62. The SMILES string of the molecule is CCCCCCCCCC(CCCCCC)c1cc([O-])ccc1C(=O)O. The average molecular weight is 362 g/mol. The topological polar surface area (TPSA) is 60.4 Å². The maximum absolute atomic E-state index is 11.8. The summed E-state index contributed by atoms with van der Waals surface area (Å²) in [7, 11) is 0. The molecule has 1 N–H and O–H groups in total. The zero-order chi connectivity index (χ0) is 19.2. The number of unbranched alkanes of at least 4 members (excludes halogenated alkanes) is 9. The summed E-state index contributed by atoms with van der Waals surface area (Å²) in [6.45, 7) is 4.42. The lowest BCUT2D eigenvalue weighted by molar-refractivity contribution is -0.268. The molecule has 3 nitrogen and oxygen atoms in total. The van der Waals surface area contributed by atoms with Gasteiger partial charge in [-0.25, -0.2) is 4.79 Å². The van der Waals surface area contributed by atoms with Crippen molar-refractivity contribution in [1.82, 2.24) is 0 Å². The van der Waals surface area contributed by atoms with Crippen molar-refractivity contribution in [3.8, 4) is 5.75 Å². The monoisotopic (exact) mass is 361 g/mol. The summed E-state index contributed by atoms with van der Waals surface area (Å²) in [5.74, 6) is -0.802. The van der Waals surface area contributed by atoms with E-state index in [0.717, 1.165) is 31.2 Å². The van der Waals surface area contributed by atoms with Gasteiger partial charge in [-0.1, -0.05) is 96.6 Å². The van der Waals surface area contributed by atoms with Crippen LogP contribution in [0.1, 0.15) is 119 Å². The van der Waals surface area contributed by atoms with Crippen molar-refractivity contribution in [2.24, 2.45) is 0 Å². The van der Waals surface area contributed by atoms with E-state index >= 15 is 0 Å². The Morgan fingerprint density at radius 3 is 1.92 bits per heavy atom. The first-order valence-corrected chi connectivity index (χ1v) is 10.6. The van der Waals surface area contributed by atoms with Crippen molar-refractivity contribution >= 4 is 5.97 Å². The summed E-state index contributed by atoms with van der Waals surface area (Å²) in [6.07, 6.45) is 15.5. The minimum atomic E-state index is -0.918. The number of hydrogen-bond donors (Lipinski definition) is 1. The Bertz CT molecular complexity index is 510. The van der Waals surface area contributed by atoms with E-state index in [1.54, 1.807) is 6.07 Å². The van der Waals surface area contributed by atoms with Gasteiger partial charge in [-0.15, -0.1) is 5.75 Å². The summed E-state index contributed by atoms with van der Waals surface area (Å²) < 4.78 is 0. The molecule has 0 aliphatic carbocycles. The summed E-state index contributed by atoms with van der Waals surface area (Å²) in [5, 5.41) is 21.3. The third-order valence-corrected chi connectivity index (χ3v) is 5.26. The smallest absolute Gasteiger partial charge is 0.335 e. The van der Waals surface area contributed by atoms with Gasteiger partial charge in [0.25, 0.3) is 0 Å². The number of carboxylic acid groups (broad SMARTS) is 1. The fourth-order valence-corrected chi connectivity index (χ4v) is 3.69. The molecule has 0 spiro atoms. The summed E-state index contributed by atoms with van der Waals surface area (Å²) in [5.41, 5.74) is 1.07. The van der Waals surface area contributed by atoms with Gasteiger partial charge >= 0.3 is 5.97 Å². The zero-order valence-electron chi connectivity index (χ0n) is 16.8. The summed E-state index contributed by atoms with van der Waals surface area (Å²) >= 11 is 0. The Kier molecular flexibility index (Phi) is 11.8. The molecule has 1 aromatic carbocycles. The van der Waals surface area contributed by atoms with E-state index in [1.165, 1.54) is 69.9 Å². The summed E-state index contributed by atoms with van der Waals surface area (Å²) in [4.78, 5) is 11.6. The molecule has 26 heavy (non-hydrogen) atoms. The van der Waals surface area contributed by atoms with Gasteiger partial charge in [0, 0.05) is 0 Å². The van der Waals surface area contributed by atoms with E-state index in [-0.39, 0.29) is 11.7 Å². The van der Waals surface area contributed by atoms with Crippen LogP contribution in [-0.2, 0) is 0 Å². The van der Waals surface area contributed by atoms with Crippen LogP contribution in [0.2, 0.25) is 0 Å². The second-order valence-electron chi connectivity index (χ2n) is 7.51. The van der Waals surface area contributed by atoms with Crippen LogP contribution in [0.15, 0.2) is 18.2 Å². The number of aromatic carboxylic acids is 1. The highest BCUT2D eigenvalue weighted by Gasteiger charge is 2.18. The van der Waals surface area contributed by atoms with Crippen LogP contribution in [0.25, 0.3) is 0 Å².